The van der Waals surface area contributed by atoms with Gasteiger partial charge in [0, 0.05) is 13.1 Å². The number of carbonyl (C=O) groups excluding carboxylic acids is 1. The minimum atomic E-state index is -3.73. The van der Waals surface area contributed by atoms with Gasteiger partial charge in [0.05, 0.1) is 30.3 Å². The van der Waals surface area contributed by atoms with Crippen molar-refractivity contribution >= 4 is 16.0 Å². The van der Waals surface area contributed by atoms with Gasteiger partial charge in [0.25, 0.3) is 0 Å². The molecule has 2 aromatic rings. The highest BCUT2D eigenvalue weighted by Gasteiger charge is 2.31. The van der Waals surface area contributed by atoms with Gasteiger partial charge < -0.3 is 9.47 Å². The molecule has 1 aliphatic rings. The van der Waals surface area contributed by atoms with Crippen LogP contribution in [-0.2, 0) is 19.5 Å². The third-order valence-electron chi connectivity index (χ3n) is 4.18. The lowest BCUT2D eigenvalue weighted by Crippen LogP contribution is -2.42. The van der Waals surface area contributed by atoms with Gasteiger partial charge in [0.2, 0.25) is 10.0 Å². The molecular formula is C18H18FNO5S. The van der Waals surface area contributed by atoms with Gasteiger partial charge in [-0.2, -0.15) is 4.31 Å². The summed E-state index contributed by atoms with van der Waals surface area (Å²) in [6.07, 6.45) is -0.464. The number of hydrogen-bond acceptors (Lipinski definition) is 5. The van der Waals surface area contributed by atoms with E-state index < -0.39 is 22.1 Å². The van der Waals surface area contributed by atoms with Crippen molar-refractivity contribution in [2.75, 3.05) is 26.8 Å². The lowest BCUT2D eigenvalue weighted by molar-refractivity contribution is -0.00258. The van der Waals surface area contributed by atoms with Crippen molar-refractivity contribution in [1.29, 1.82) is 0 Å². The van der Waals surface area contributed by atoms with Crippen LogP contribution in [0.15, 0.2) is 53.4 Å². The van der Waals surface area contributed by atoms with Crippen molar-refractivity contribution in [1.82, 2.24) is 4.31 Å². The summed E-state index contributed by atoms with van der Waals surface area (Å²) in [5.74, 6) is -0.892. The lowest BCUT2D eigenvalue weighted by atomic mass is 10.1. The quantitative estimate of drug-likeness (QED) is 0.763. The highest BCUT2D eigenvalue weighted by Crippen LogP contribution is 2.26. The molecule has 3 rings (SSSR count). The fourth-order valence-electron chi connectivity index (χ4n) is 2.75. The number of rotatable bonds is 4. The molecule has 0 N–H and O–H groups in total. The smallest absolute Gasteiger partial charge is 0.337 e. The van der Waals surface area contributed by atoms with E-state index in [0.717, 1.165) is 0 Å². The number of halogens is 1. The van der Waals surface area contributed by atoms with Gasteiger partial charge in [0.1, 0.15) is 5.82 Å². The minimum absolute atomic E-state index is 0.0879. The Morgan fingerprint density at radius 3 is 2.42 bits per heavy atom. The van der Waals surface area contributed by atoms with Crippen LogP contribution in [0.5, 0.6) is 0 Å². The summed E-state index contributed by atoms with van der Waals surface area (Å²) in [5, 5.41) is 0. The Hall–Kier alpha value is -2.29. The van der Waals surface area contributed by atoms with Gasteiger partial charge in [0.15, 0.2) is 0 Å². The number of esters is 1. The molecule has 0 spiro atoms. The fraction of sp³-hybridized carbons (Fsp3) is 0.278. The molecular weight excluding hydrogens is 361 g/mol. The Labute approximate surface area is 151 Å². The van der Waals surface area contributed by atoms with Crippen molar-refractivity contribution in [3.05, 3.63) is 65.5 Å². The molecule has 8 heteroatoms. The fourth-order valence-corrected chi connectivity index (χ4v) is 4.18. The molecule has 0 radical (unpaired) electrons. The minimum Gasteiger partial charge on any atom is -0.465 e. The molecule has 6 nitrogen and oxygen atoms in total. The molecule has 26 heavy (non-hydrogen) atoms. The summed E-state index contributed by atoms with van der Waals surface area (Å²) in [6.45, 7) is 0.590. The van der Waals surface area contributed by atoms with Gasteiger partial charge in [-0.25, -0.2) is 17.6 Å². The van der Waals surface area contributed by atoms with Crippen LogP contribution in [0.2, 0.25) is 0 Å². The highest BCUT2D eigenvalue weighted by molar-refractivity contribution is 7.89. The van der Waals surface area contributed by atoms with Crippen molar-refractivity contribution in [2.24, 2.45) is 0 Å². The molecule has 138 valence electrons. The maximum atomic E-state index is 13.1. The molecule has 2 aromatic carbocycles. The van der Waals surface area contributed by atoms with Gasteiger partial charge in [-0.3, -0.25) is 0 Å². The summed E-state index contributed by atoms with van der Waals surface area (Å²) in [5.41, 5.74) is 0.991. The van der Waals surface area contributed by atoms with Crippen molar-refractivity contribution in [2.45, 2.75) is 11.0 Å². The number of benzene rings is 2. The number of nitrogens with zero attached hydrogens (tertiary/aromatic N) is 1. The average molecular weight is 379 g/mol. The second-order valence-corrected chi connectivity index (χ2v) is 7.73. The standard InChI is InChI=1S/C18H18FNO5S/c1-24-18(21)14-4-8-16(9-5-14)26(22,23)20-10-11-25-17(12-20)13-2-6-15(19)7-3-13/h2-9,17H,10-12H2,1H3/t17-/m0/s1. The number of hydrogen-bond donors (Lipinski definition) is 0. The monoisotopic (exact) mass is 379 g/mol. The van der Waals surface area contributed by atoms with Crippen molar-refractivity contribution < 1.29 is 27.1 Å². The van der Waals surface area contributed by atoms with Crippen LogP contribution >= 0.6 is 0 Å². The maximum Gasteiger partial charge on any atom is 0.337 e. The van der Waals surface area contributed by atoms with E-state index in [1.165, 1.54) is 47.8 Å². The van der Waals surface area contributed by atoms with Crippen LogP contribution < -0.4 is 0 Å². The van der Waals surface area contributed by atoms with E-state index in [4.69, 9.17) is 4.74 Å². The summed E-state index contributed by atoms with van der Waals surface area (Å²) in [7, 11) is -2.47. The average Bonchev–Trinajstić information content (AvgIpc) is 2.68. The number of methoxy groups -OCH3 is 1. The molecule has 0 saturated carbocycles. The molecule has 0 bridgehead atoms. The second-order valence-electron chi connectivity index (χ2n) is 5.79. The summed E-state index contributed by atoms with van der Waals surface area (Å²) in [6, 6.07) is 11.4. The van der Waals surface area contributed by atoms with Crippen LogP contribution in [0.4, 0.5) is 4.39 Å². The molecule has 1 fully saturated rings. The Kier molecular flexibility index (Phi) is 5.36. The van der Waals surface area contributed by atoms with Crippen LogP contribution in [0, 0.1) is 5.82 Å². The molecule has 0 amide bonds. The van der Waals surface area contributed by atoms with Crippen molar-refractivity contribution in [3.8, 4) is 0 Å². The normalized spacial score (nSPS) is 18.5. The molecule has 1 heterocycles. The molecule has 0 unspecified atom stereocenters. The van der Waals surface area contributed by atoms with Crippen LogP contribution in [0.1, 0.15) is 22.0 Å². The summed E-state index contributed by atoms with van der Waals surface area (Å²) in [4.78, 5) is 11.6. The van der Waals surface area contributed by atoms with E-state index in [1.807, 2.05) is 0 Å². The van der Waals surface area contributed by atoms with E-state index in [0.29, 0.717) is 5.56 Å². The predicted molar refractivity (Wildman–Crippen MR) is 91.6 cm³/mol. The van der Waals surface area contributed by atoms with Crippen LogP contribution in [0.25, 0.3) is 0 Å². The van der Waals surface area contributed by atoms with Gasteiger partial charge >= 0.3 is 5.97 Å². The Morgan fingerprint density at radius 1 is 1.15 bits per heavy atom. The zero-order valence-corrected chi connectivity index (χ0v) is 14.9. The Morgan fingerprint density at radius 2 is 1.81 bits per heavy atom. The number of morpholine rings is 1. The van der Waals surface area contributed by atoms with Crippen LogP contribution in [-0.4, -0.2) is 45.5 Å². The maximum absolute atomic E-state index is 13.1. The molecule has 1 atom stereocenters. The Balaban J connectivity index is 1.80. The molecule has 1 aliphatic heterocycles. The van der Waals surface area contributed by atoms with E-state index in [9.17, 15) is 17.6 Å². The second kappa shape index (κ2) is 7.53. The van der Waals surface area contributed by atoms with E-state index in [2.05, 4.69) is 4.74 Å². The van der Waals surface area contributed by atoms with Gasteiger partial charge in [-0.15, -0.1) is 0 Å². The molecule has 0 aliphatic carbocycles. The molecule has 1 saturated heterocycles. The van der Waals surface area contributed by atoms with E-state index in [1.54, 1.807) is 12.1 Å². The van der Waals surface area contributed by atoms with Gasteiger partial charge in [-0.05, 0) is 42.0 Å². The van der Waals surface area contributed by atoms with E-state index in [-0.39, 0.29) is 36.0 Å². The zero-order valence-electron chi connectivity index (χ0n) is 14.1. The first-order valence-corrected chi connectivity index (χ1v) is 9.41. The van der Waals surface area contributed by atoms with Gasteiger partial charge in [-0.1, -0.05) is 12.1 Å². The first-order chi connectivity index (χ1) is 12.4. The highest BCUT2D eigenvalue weighted by atomic mass is 32.2. The number of ether oxygens (including phenoxy) is 2. The zero-order chi connectivity index (χ0) is 18.7. The van der Waals surface area contributed by atoms with E-state index >= 15 is 0 Å². The first-order valence-electron chi connectivity index (χ1n) is 7.97. The van der Waals surface area contributed by atoms with Crippen LogP contribution in [0.3, 0.4) is 0 Å². The SMILES string of the molecule is COC(=O)c1ccc(S(=O)(=O)N2CCO[C@H](c3ccc(F)cc3)C2)cc1. The number of carbonyl (C=O) groups is 1. The lowest BCUT2D eigenvalue weighted by Gasteiger charge is -2.32. The summed E-state index contributed by atoms with van der Waals surface area (Å²) >= 11 is 0. The first kappa shape index (κ1) is 18.5. The largest absolute Gasteiger partial charge is 0.465 e. The Bertz CT molecular complexity index is 881. The topological polar surface area (TPSA) is 72.9 Å². The summed E-state index contributed by atoms with van der Waals surface area (Å²) < 4.78 is 50.4. The van der Waals surface area contributed by atoms with Crippen molar-refractivity contribution in [3.63, 3.8) is 0 Å². The third kappa shape index (κ3) is 3.77. The third-order valence-corrected chi connectivity index (χ3v) is 6.06. The predicted octanol–water partition coefficient (Wildman–Crippen LogP) is 2.37. The molecule has 0 aromatic heterocycles. The number of sulfonamides is 1.